The molecule has 5 aromatic rings. The van der Waals surface area contributed by atoms with Crippen molar-refractivity contribution in [2.75, 3.05) is 5.32 Å². The maximum Gasteiger partial charge on any atom is 0.257 e. The first-order valence-electron chi connectivity index (χ1n) is 13.2. The van der Waals surface area contributed by atoms with Crippen LogP contribution in [0.15, 0.2) is 97.5 Å². The molecule has 0 saturated heterocycles. The predicted octanol–water partition coefficient (Wildman–Crippen LogP) is 6.73. The Kier molecular flexibility index (Phi) is 7.38. The van der Waals surface area contributed by atoms with Crippen LogP contribution in [-0.4, -0.2) is 26.8 Å². The number of benzene rings is 2. The van der Waals surface area contributed by atoms with Gasteiger partial charge in [0, 0.05) is 35.2 Å². The lowest BCUT2D eigenvalue weighted by Crippen LogP contribution is -2.27. The molecule has 3 aromatic heterocycles. The van der Waals surface area contributed by atoms with Crippen molar-refractivity contribution in [1.82, 2.24) is 20.3 Å². The molecule has 0 bridgehead atoms. The number of nitrogens with one attached hydrogen (secondary N) is 2. The molecule has 7 nitrogen and oxygen atoms in total. The highest BCUT2D eigenvalue weighted by molar-refractivity contribution is 6.08. The topological polar surface area (TPSA) is 96.9 Å². The van der Waals surface area contributed by atoms with E-state index in [2.05, 4.69) is 58.5 Å². The molecule has 0 saturated carbocycles. The van der Waals surface area contributed by atoms with Gasteiger partial charge in [-0.15, -0.1) is 0 Å². The Labute approximate surface area is 233 Å². The van der Waals surface area contributed by atoms with Gasteiger partial charge >= 0.3 is 0 Å². The van der Waals surface area contributed by atoms with Gasteiger partial charge in [0.05, 0.1) is 34.1 Å². The Bertz CT molecular complexity index is 1680. The van der Waals surface area contributed by atoms with Gasteiger partial charge in [0.25, 0.3) is 11.8 Å². The Hall–Kier alpha value is -4.91. The zero-order valence-corrected chi connectivity index (χ0v) is 23.0. The number of anilines is 1. The van der Waals surface area contributed by atoms with Crippen LogP contribution in [-0.2, 0) is 5.41 Å². The van der Waals surface area contributed by atoms with E-state index in [0.717, 1.165) is 16.6 Å². The van der Waals surface area contributed by atoms with Gasteiger partial charge in [-0.05, 0) is 60.4 Å². The van der Waals surface area contributed by atoms with E-state index in [1.54, 1.807) is 42.7 Å². The summed E-state index contributed by atoms with van der Waals surface area (Å²) in [4.78, 5) is 39.4. The second-order valence-corrected chi connectivity index (χ2v) is 10.8. The summed E-state index contributed by atoms with van der Waals surface area (Å²) in [6.45, 7) is 8.39. The summed E-state index contributed by atoms with van der Waals surface area (Å²) in [5.41, 5.74) is 5.72. The van der Waals surface area contributed by atoms with Crippen LogP contribution in [0.4, 0.5) is 5.69 Å². The summed E-state index contributed by atoms with van der Waals surface area (Å²) in [5.74, 6) is -0.494. The Morgan fingerprint density at radius 2 is 1.57 bits per heavy atom. The second-order valence-electron chi connectivity index (χ2n) is 10.8. The lowest BCUT2D eigenvalue weighted by atomic mass is 9.86. The predicted molar refractivity (Wildman–Crippen MR) is 158 cm³/mol. The number of aromatic nitrogens is 3. The minimum atomic E-state index is -0.262. The van der Waals surface area contributed by atoms with Crippen LogP contribution in [0.25, 0.3) is 22.2 Å². The number of nitrogens with zero attached hydrogens (tertiary/aromatic N) is 3. The fourth-order valence-corrected chi connectivity index (χ4v) is 4.45. The molecule has 0 aliphatic heterocycles. The Morgan fingerprint density at radius 1 is 0.800 bits per heavy atom. The summed E-state index contributed by atoms with van der Waals surface area (Å²) < 4.78 is 0. The molecule has 7 heteroatoms. The Morgan fingerprint density at radius 3 is 2.30 bits per heavy atom. The lowest BCUT2D eigenvalue weighted by molar-refractivity contribution is 0.0938. The quantitative estimate of drug-likeness (QED) is 0.254. The summed E-state index contributed by atoms with van der Waals surface area (Å²) >= 11 is 0. The van der Waals surface area contributed by atoms with E-state index in [-0.39, 0.29) is 23.3 Å². The van der Waals surface area contributed by atoms with Crippen LogP contribution < -0.4 is 10.6 Å². The normalized spacial score (nSPS) is 12.1. The largest absolute Gasteiger partial charge is 0.344 e. The van der Waals surface area contributed by atoms with E-state index in [1.165, 1.54) is 11.8 Å². The van der Waals surface area contributed by atoms with E-state index in [4.69, 9.17) is 0 Å². The molecule has 0 fully saturated rings. The first-order valence-corrected chi connectivity index (χ1v) is 13.2. The molecule has 1 unspecified atom stereocenters. The molecule has 1 atom stereocenters. The van der Waals surface area contributed by atoms with Crippen LogP contribution in [0, 0.1) is 0 Å². The first-order chi connectivity index (χ1) is 19.2. The molecule has 40 heavy (non-hydrogen) atoms. The zero-order chi connectivity index (χ0) is 28.3. The van der Waals surface area contributed by atoms with Gasteiger partial charge < -0.3 is 10.6 Å². The van der Waals surface area contributed by atoms with E-state index >= 15 is 0 Å². The third-order valence-corrected chi connectivity index (χ3v) is 6.76. The highest BCUT2D eigenvalue weighted by Gasteiger charge is 2.18. The van der Waals surface area contributed by atoms with Gasteiger partial charge in [0.15, 0.2) is 0 Å². The van der Waals surface area contributed by atoms with Crippen molar-refractivity contribution in [2.45, 2.75) is 39.2 Å². The molecular formula is C33H31N5O2. The smallest absolute Gasteiger partial charge is 0.257 e. The number of amides is 2. The average Bonchev–Trinajstić information content (AvgIpc) is 2.97. The van der Waals surface area contributed by atoms with Gasteiger partial charge in [-0.25, -0.2) is 0 Å². The van der Waals surface area contributed by atoms with E-state index in [1.807, 2.05) is 43.3 Å². The molecule has 2 aromatic carbocycles. The minimum absolute atomic E-state index is 0.0373. The van der Waals surface area contributed by atoms with Crippen molar-refractivity contribution < 1.29 is 9.59 Å². The second kappa shape index (κ2) is 11.1. The lowest BCUT2D eigenvalue weighted by Gasteiger charge is -2.19. The molecular weight excluding hydrogens is 498 g/mol. The highest BCUT2D eigenvalue weighted by atomic mass is 16.2. The molecule has 0 aliphatic rings. The molecule has 2 amide bonds. The number of carbonyl (C=O) groups excluding carboxylic acids is 2. The third-order valence-electron chi connectivity index (χ3n) is 6.76. The summed E-state index contributed by atoms with van der Waals surface area (Å²) in [5, 5.41) is 6.72. The van der Waals surface area contributed by atoms with Crippen molar-refractivity contribution in [3.8, 4) is 11.3 Å². The standard InChI is InChI=1S/C33H31N5O2/c1-21(28-9-5-6-16-34-28)37-31(39)24-18-23-12-15-26(19-29(23)36-20-24)38-32(40)27-8-7-17-35-30(27)22-10-13-25(14-11-22)33(2,3)4/h5-21H,1-4H3,(H,37,39)(H,38,40). The number of hydrogen-bond donors (Lipinski definition) is 2. The molecule has 5 rings (SSSR count). The van der Waals surface area contributed by atoms with E-state index in [0.29, 0.717) is 28.0 Å². The molecule has 2 N–H and O–H groups in total. The Balaban J connectivity index is 1.32. The number of carbonyl (C=O) groups is 2. The van der Waals surface area contributed by atoms with Crippen molar-refractivity contribution in [3.05, 3.63) is 120 Å². The maximum atomic E-state index is 13.3. The number of hydrogen-bond acceptors (Lipinski definition) is 5. The number of fused-ring (bicyclic) bond motifs is 1. The van der Waals surface area contributed by atoms with Crippen LogP contribution >= 0.6 is 0 Å². The van der Waals surface area contributed by atoms with Crippen molar-refractivity contribution >= 4 is 28.4 Å². The SMILES string of the molecule is CC(NC(=O)c1cnc2cc(NC(=O)c3cccnc3-c3ccc(C(C)(C)C)cc3)ccc2c1)c1ccccn1. The van der Waals surface area contributed by atoms with E-state index < -0.39 is 0 Å². The fourth-order valence-electron chi connectivity index (χ4n) is 4.45. The molecule has 0 radical (unpaired) electrons. The average molecular weight is 530 g/mol. The van der Waals surface area contributed by atoms with Crippen LogP contribution in [0.3, 0.4) is 0 Å². The van der Waals surface area contributed by atoms with Gasteiger partial charge in [0.2, 0.25) is 0 Å². The molecule has 3 heterocycles. The number of rotatable bonds is 6. The zero-order valence-electron chi connectivity index (χ0n) is 23.0. The van der Waals surface area contributed by atoms with Gasteiger partial charge in [-0.3, -0.25) is 24.5 Å². The summed E-state index contributed by atoms with van der Waals surface area (Å²) in [6, 6.07) is 24.3. The van der Waals surface area contributed by atoms with Crippen LogP contribution in [0.2, 0.25) is 0 Å². The van der Waals surface area contributed by atoms with Gasteiger partial charge in [-0.1, -0.05) is 57.2 Å². The van der Waals surface area contributed by atoms with Crippen molar-refractivity contribution in [3.63, 3.8) is 0 Å². The van der Waals surface area contributed by atoms with Crippen molar-refractivity contribution in [2.24, 2.45) is 0 Å². The minimum Gasteiger partial charge on any atom is -0.344 e. The van der Waals surface area contributed by atoms with Crippen LogP contribution in [0.1, 0.15) is 65.7 Å². The molecule has 0 aliphatic carbocycles. The van der Waals surface area contributed by atoms with Gasteiger partial charge in [0.1, 0.15) is 0 Å². The maximum absolute atomic E-state index is 13.3. The van der Waals surface area contributed by atoms with E-state index in [9.17, 15) is 9.59 Å². The molecule has 200 valence electrons. The third kappa shape index (κ3) is 5.89. The van der Waals surface area contributed by atoms with Crippen molar-refractivity contribution in [1.29, 1.82) is 0 Å². The highest BCUT2D eigenvalue weighted by Crippen LogP contribution is 2.28. The number of pyridine rings is 3. The summed E-state index contributed by atoms with van der Waals surface area (Å²) in [6.07, 6.45) is 4.93. The fraction of sp³-hybridized carbons (Fsp3) is 0.182. The molecule has 0 spiro atoms. The monoisotopic (exact) mass is 529 g/mol. The van der Waals surface area contributed by atoms with Gasteiger partial charge in [-0.2, -0.15) is 0 Å². The van der Waals surface area contributed by atoms with Crippen LogP contribution in [0.5, 0.6) is 0 Å². The first kappa shape index (κ1) is 26.7. The summed E-state index contributed by atoms with van der Waals surface area (Å²) in [7, 11) is 0.